The van der Waals surface area contributed by atoms with Gasteiger partial charge in [0.2, 0.25) is 5.91 Å². The number of carbonyl (C=O) groups is 2. The molecule has 0 radical (unpaired) electrons. The van der Waals surface area contributed by atoms with Crippen LogP contribution in [0.1, 0.15) is 15.4 Å². The molecule has 3 aromatic rings. The number of aromatic nitrogens is 1. The topological polar surface area (TPSA) is 80.8 Å². The molecule has 0 saturated carbocycles. The summed E-state index contributed by atoms with van der Waals surface area (Å²) in [6.07, 6.45) is -3.30. The van der Waals surface area contributed by atoms with Gasteiger partial charge in [-0.15, -0.1) is 24.5 Å². The first-order valence-corrected chi connectivity index (χ1v) is 11.6. The standard InChI is InChI=1S/C24H22F3N3O4S/c25-24(26,27)34-20-7-6-17(12-18(20)29-22(32)15-30-8-10-33-11-9-30)19(31)13-23-28-14-21(35-23)16-4-2-1-3-5-16/h1-7,12,14H,8-11,13,15H2,(H,29,32). The average molecular weight is 506 g/mol. The first kappa shape index (κ1) is 24.8. The number of nitrogens with zero attached hydrogens (tertiary/aromatic N) is 2. The van der Waals surface area contributed by atoms with Crippen LogP contribution in [0.15, 0.2) is 54.7 Å². The van der Waals surface area contributed by atoms with Crippen LogP contribution in [0.5, 0.6) is 5.75 Å². The van der Waals surface area contributed by atoms with Crippen molar-refractivity contribution in [3.8, 4) is 16.2 Å². The number of ketones is 1. The minimum absolute atomic E-state index is 0.0195. The van der Waals surface area contributed by atoms with Crippen molar-refractivity contribution in [3.63, 3.8) is 0 Å². The summed E-state index contributed by atoms with van der Waals surface area (Å²) in [6.45, 7) is 2.01. The Kier molecular flexibility index (Phi) is 7.79. The van der Waals surface area contributed by atoms with E-state index in [1.54, 1.807) is 6.20 Å². The van der Waals surface area contributed by atoms with E-state index in [0.29, 0.717) is 31.3 Å². The first-order chi connectivity index (χ1) is 16.8. The molecular formula is C24H22F3N3O4S. The van der Waals surface area contributed by atoms with Crippen LogP contribution in [0.2, 0.25) is 0 Å². The minimum Gasteiger partial charge on any atom is -0.404 e. The van der Waals surface area contributed by atoms with Crippen molar-refractivity contribution < 1.29 is 32.2 Å². The van der Waals surface area contributed by atoms with E-state index < -0.39 is 18.0 Å². The third-order valence-corrected chi connectivity index (χ3v) is 6.24. The highest BCUT2D eigenvalue weighted by atomic mass is 32.1. The van der Waals surface area contributed by atoms with E-state index in [2.05, 4.69) is 15.0 Å². The molecule has 0 aliphatic carbocycles. The van der Waals surface area contributed by atoms with Crippen molar-refractivity contribution in [2.75, 3.05) is 38.2 Å². The zero-order chi connectivity index (χ0) is 24.8. The molecule has 1 saturated heterocycles. The molecular weight excluding hydrogens is 483 g/mol. The van der Waals surface area contributed by atoms with Crippen LogP contribution in [0.3, 0.4) is 0 Å². The summed E-state index contributed by atoms with van der Waals surface area (Å²) < 4.78 is 48.0. The maximum absolute atomic E-state index is 12.9. The molecule has 1 aliphatic rings. The average Bonchev–Trinajstić information content (AvgIpc) is 3.29. The highest BCUT2D eigenvalue weighted by molar-refractivity contribution is 7.15. The van der Waals surface area contributed by atoms with E-state index in [1.807, 2.05) is 35.2 Å². The largest absolute Gasteiger partial charge is 0.573 e. The molecule has 11 heteroatoms. The SMILES string of the molecule is O=C(CN1CCOCC1)Nc1cc(C(=O)Cc2ncc(-c3ccccc3)s2)ccc1OC(F)(F)F. The Morgan fingerprint density at radius 1 is 1.11 bits per heavy atom. The Hall–Kier alpha value is -3.28. The number of hydrogen-bond donors (Lipinski definition) is 1. The molecule has 0 spiro atoms. The van der Waals surface area contributed by atoms with Gasteiger partial charge >= 0.3 is 6.36 Å². The lowest BCUT2D eigenvalue weighted by Gasteiger charge is -2.26. The Labute approximate surface area is 203 Å². The van der Waals surface area contributed by atoms with E-state index in [9.17, 15) is 22.8 Å². The van der Waals surface area contributed by atoms with Crippen molar-refractivity contribution in [1.82, 2.24) is 9.88 Å². The maximum atomic E-state index is 12.9. The van der Waals surface area contributed by atoms with Gasteiger partial charge in [0.1, 0.15) is 5.01 Å². The fraction of sp³-hybridized carbons (Fsp3) is 0.292. The fourth-order valence-corrected chi connectivity index (χ4v) is 4.46. The Balaban J connectivity index is 1.49. The van der Waals surface area contributed by atoms with Crippen LogP contribution in [-0.2, 0) is 16.0 Å². The number of anilines is 1. The van der Waals surface area contributed by atoms with Crippen LogP contribution in [0.4, 0.5) is 18.9 Å². The third kappa shape index (κ3) is 7.10. The molecule has 1 aliphatic heterocycles. The summed E-state index contributed by atoms with van der Waals surface area (Å²) in [5, 5.41) is 3.03. The zero-order valence-corrected chi connectivity index (χ0v) is 19.3. The molecule has 4 rings (SSSR count). The van der Waals surface area contributed by atoms with Crippen molar-refractivity contribution >= 4 is 28.7 Å². The number of thiazole rings is 1. The number of nitrogens with one attached hydrogen (secondary N) is 1. The molecule has 1 aromatic heterocycles. The van der Waals surface area contributed by atoms with Crippen LogP contribution in [0.25, 0.3) is 10.4 Å². The van der Waals surface area contributed by atoms with Gasteiger partial charge in [-0.3, -0.25) is 14.5 Å². The summed E-state index contributed by atoms with van der Waals surface area (Å²) in [4.78, 5) is 32.4. The lowest BCUT2D eigenvalue weighted by Crippen LogP contribution is -2.41. The number of alkyl halides is 3. The smallest absolute Gasteiger partial charge is 0.404 e. The lowest BCUT2D eigenvalue weighted by molar-refractivity contribution is -0.274. The second kappa shape index (κ2) is 11.0. The van der Waals surface area contributed by atoms with Crippen LogP contribution < -0.4 is 10.1 Å². The number of carbonyl (C=O) groups excluding carboxylic acids is 2. The van der Waals surface area contributed by atoms with Crippen LogP contribution in [-0.4, -0.2) is 60.8 Å². The normalized spacial score (nSPS) is 14.5. The van der Waals surface area contributed by atoms with E-state index in [0.717, 1.165) is 16.5 Å². The predicted molar refractivity (Wildman–Crippen MR) is 125 cm³/mol. The zero-order valence-electron chi connectivity index (χ0n) is 18.5. The van der Waals surface area contributed by atoms with E-state index in [4.69, 9.17) is 4.74 Å². The summed E-state index contributed by atoms with van der Waals surface area (Å²) in [6, 6.07) is 13.0. The molecule has 184 valence electrons. The van der Waals surface area contributed by atoms with Crippen molar-refractivity contribution in [1.29, 1.82) is 0 Å². The first-order valence-electron chi connectivity index (χ1n) is 10.8. The molecule has 1 fully saturated rings. The van der Waals surface area contributed by atoms with Crippen molar-refractivity contribution in [2.45, 2.75) is 12.8 Å². The molecule has 1 N–H and O–H groups in total. The van der Waals surface area contributed by atoms with Crippen molar-refractivity contribution in [3.05, 3.63) is 65.3 Å². The summed E-state index contributed by atoms with van der Waals surface area (Å²) >= 11 is 1.36. The molecule has 0 atom stereocenters. The molecule has 0 bridgehead atoms. The number of rotatable bonds is 8. The van der Waals surface area contributed by atoms with Gasteiger partial charge in [0.05, 0.1) is 36.7 Å². The number of morpholine rings is 1. The summed E-state index contributed by atoms with van der Waals surface area (Å²) in [5.74, 6) is -1.46. The third-order valence-electron chi connectivity index (χ3n) is 5.20. The van der Waals surface area contributed by atoms with E-state index in [1.165, 1.54) is 23.5 Å². The number of amides is 1. The predicted octanol–water partition coefficient (Wildman–Crippen LogP) is 4.40. The fourth-order valence-electron chi connectivity index (χ4n) is 3.53. The van der Waals surface area contributed by atoms with Crippen LogP contribution >= 0.6 is 11.3 Å². The van der Waals surface area contributed by atoms with Gasteiger partial charge in [0.25, 0.3) is 0 Å². The van der Waals surface area contributed by atoms with Gasteiger partial charge in [-0.25, -0.2) is 4.98 Å². The Morgan fingerprint density at radius 3 is 2.57 bits per heavy atom. The van der Waals surface area contributed by atoms with Gasteiger partial charge in [-0.05, 0) is 23.8 Å². The second-order valence-electron chi connectivity index (χ2n) is 7.78. The van der Waals surface area contributed by atoms with E-state index in [-0.39, 0.29) is 30.0 Å². The minimum atomic E-state index is -4.95. The second-order valence-corrected chi connectivity index (χ2v) is 8.89. The van der Waals surface area contributed by atoms with Gasteiger partial charge in [0.15, 0.2) is 11.5 Å². The summed E-state index contributed by atoms with van der Waals surface area (Å²) in [7, 11) is 0. The maximum Gasteiger partial charge on any atom is 0.573 e. The van der Waals surface area contributed by atoms with Gasteiger partial charge < -0.3 is 14.8 Å². The molecule has 1 amide bonds. The monoisotopic (exact) mass is 505 g/mol. The van der Waals surface area contributed by atoms with Gasteiger partial charge in [-0.2, -0.15) is 0 Å². The molecule has 7 nitrogen and oxygen atoms in total. The van der Waals surface area contributed by atoms with Crippen LogP contribution in [0, 0.1) is 0 Å². The highest BCUT2D eigenvalue weighted by Crippen LogP contribution is 2.32. The number of benzene rings is 2. The Morgan fingerprint density at radius 2 is 1.86 bits per heavy atom. The molecule has 0 unspecified atom stereocenters. The van der Waals surface area contributed by atoms with Crippen molar-refractivity contribution in [2.24, 2.45) is 0 Å². The van der Waals surface area contributed by atoms with Gasteiger partial charge in [-0.1, -0.05) is 30.3 Å². The lowest BCUT2D eigenvalue weighted by atomic mass is 10.1. The number of hydrogen-bond acceptors (Lipinski definition) is 7. The highest BCUT2D eigenvalue weighted by Gasteiger charge is 2.32. The number of ether oxygens (including phenoxy) is 2. The summed E-state index contributed by atoms with van der Waals surface area (Å²) in [5.41, 5.74) is 0.885. The molecule has 2 aromatic carbocycles. The molecule has 35 heavy (non-hydrogen) atoms. The molecule has 2 heterocycles. The number of halogens is 3. The number of Topliss-reactive ketones (excluding diaryl/α,β-unsaturated/α-hetero) is 1. The quantitative estimate of drug-likeness (QED) is 0.457. The van der Waals surface area contributed by atoms with E-state index >= 15 is 0 Å². The van der Waals surface area contributed by atoms with Gasteiger partial charge in [0, 0.05) is 24.8 Å². The Bertz CT molecular complexity index is 1180.